The second-order valence-corrected chi connectivity index (χ2v) is 7.63. The molecule has 0 aliphatic rings. The summed E-state index contributed by atoms with van der Waals surface area (Å²) in [5.41, 5.74) is 6.94. The van der Waals surface area contributed by atoms with Gasteiger partial charge in [-0.3, -0.25) is 19.7 Å². The van der Waals surface area contributed by atoms with Gasteiger partial charge in [-0.1, -0.05) is 15.9 Å². The van der Waals surface area contributed by atoms with E-state index in [0.717, 1.165) is 27.1 Å². The molecule has 1 aromatic heterocycles. The first-order valence-electron chi connectivity index (χ1n) is 9.08. The van der Waals surface area contributed by atoms with Gasteiger partial charge in [0.25, 0.3) is 11.8 Å². The monoisotopic (exact) mass is 455 g/mol. The van der Waals surface area contributed by atoms with E-state index >= 15 is 0 Å². The van der Waals surface area contributed by atoms with Crippen molar-refractivity contribution >= 4 is 33.4 Å². The van der Waals surface area contributed by atoms with Gasteiger partial charge in [0.05, 0.1) is 0 Å². The van der Waals surface area contributed by atoms with Crippen molar-refractivity contribution in [2.75, 3.05) is 17.3 Å². The molecule has 29 heavy (non-hydrogen) atoms. The van der Waals surface area contributed by atoms with E-state index in [0.29, 0.717) is 11.3 Å². The number of amides is 2. The summed E-state index contributed by atoms with van der Waals surface area (Å²) in [4.78, 5) is 24.5. The van der Waals surface area contributed by atoms with Crippen LogP contribution in [-0.4, -0.2) is 23.1 Å². The van der Waals surface area contributed by atoms with Crippen LogP contribution in [0, 0.1) is 20.8 Å². The fraction of sp³-hybridized carbons (Fsp3) is 0.182. The topological polar surface area (TPSA) is 72.4 Å². The number of benzene rings is 2. The van der Waals surface area contributed by atoms with E-state index in [-0.39, 0.29) is 18.4 Å². The minimum absolute atomic E-state index is 0.122. The Balaban J connectivity index is 1.55. The van der Waals surface area contributed by atoms with Crippen LogP contribution in [0.25, 0.3) is 0 Å². The summed E-state index contributed by atoms with van der Waals surface area (Å²) >= 11 is 3.40. The minimum atomic E-state index is -0.254. The molecule has 0 saturated carbocycles. The van der Waals surface area contributed by atoms with Crippen LogP contribution in [0.15, 0.2) is 59.1 Å². The average molecular weight is 456 g/mol. The second kappa shape index (κ2) is 8.96. The SMILES string of the molecule is Cc1cc(Br)ccc1NC(=O)COc1ccc(C(=O)Nn2c(C)ccc2C)cc1. The number of nitrogens with one attached hydrogen (secondary N) is 2. The maximum atomic E-state index is 12.4. The number of aromatic nitrogens is 1. The van der Waals surface area contributed by atoms with E-state index in [4.69, 9.17) is 4.74 Å². The molecule has 2 N–H and O–H groups in total. The first-order chi connectivity index (χ1) is 13.8. The molecular weight excluding hydrogens is 434 g/mol. The second-order valence-electron chi connectivity index (χ2n) is 6.71. The van der Waals surface area contributed by atoms with Crippen molar-refractivity contribution < 1.29 is 14.3 Å². The van der Waals surface area contributed by atoms with Gasteiger partial charge in [-0.25, -0.2) is 0 Å². The number of anilines is 1. The van der Waals surface area contributed by atoms with Gasteiger partial charge in [0, 0.05) is 27.1 Å². The quantitative estimate of drug-likeness (QED) is 0.571. The largest absolute Gasteiger partial charge is 0.484 e. The molecule has 0 fully saturated rings. The van der Waals surface area contributed by atoms with Gasteiger partial charge in [0.1, 0.15) is 5.75 Å². The molecule has 0 aliphatic carbocycles. The number of carbonyl (C=O) groups is 2. The summed E-state index contributed by atoms with van der Waals surface area (Å²) in [6.07, 6.45) is 0. The third-order valence-corrected chi connectivity index (χ3v) is 4.93. The Bertz CT molecular complexity index is 1020. The number of aryl methyl sites for hydroxylation is 3. The highest BCUT2D eigenvalue weighted by molar-refractivity contribution is 9.10. The van der Waals surface area contributed by atoms with Crippen molar-refractivity contribution in [3.05, 3.63) is 81.6 Å². The van der Waals surface area contributed by atoms with Crippen LogP contribution in [0.3, 0.4) is 0 Å². The number of carbonyl (C=O) groups excluding carboxylic acids is 2. The first-order valence-corrected chi connectivity index (χ1v) is 9.88. The predicted molar refractivity (Wildman–Crippen MR) is 117 cm³/mol. The Kier molecular flexibility index (Phi) is 6.39. The zero-order valence-corrected chi connectivity index (χ0v) is 18.0. The van der Waals surface area contributed by atoms with Crippen molar-refractivity contribution in [1.82, 2.24) is 4.68 Å². The smallest absolute Gasteiger partial charge is 0.270 e. The molecule has 6 nitrogen and oxygen atoms in total. The number of rotatable bonds is 6. The summed E-state index contributed by atoms with van der Waals surface area (Å²) in [5.74, 6) is 0.0377. The molecule has 1 heterocycles. The number of nitrogens with zero attached hydrogens (tertiary/aromatic N) is 1. The van der Waals surface area contributed by atoms with Crippen LogP contribution >= 0.6 is 15.9 Å². The lowest BCUT2D eigenvalue weighted by atomic mass is 10.2. The Morgan fingerprint density at radius 3 is 2.24 bits per heavy atom. The van der Waals surface area contributed by atoms with Crippen LogP contribution < -0.4 is 15.5 Å². The van der Waals surface area contributed by atoms with E-state index < -0.39 is 0 Å². The molecule has 0 saturated heterocycles. The maximum Gasteiger partial charge on any atom is 0.270 e. The summed E-state index contributed by atoms with van der Waals surface area (Å²) in [7, 11) is 0. The lowest BCUT2D eigenvalue weighted by Gasteiger charge is -2.12. The molecule has 150 valence electrons. The highest BCUT2D eigenvalue weighted by atomic mass is 79.9. The van der Waals surface area contributed by atoms with E-state index in [9.17, 15) is 9.59 Å². The van der Waals surface area contributed by atoms with Crippen LogP contribution in [0.4, 0.5) is 5.69 Å². The molecule has 0 atom stereocenters. The molecule has 3 aromatic rings. The Morgan fingerprint density at radius 1 is 0.966 bits per heavy atom. The van der Waals surface area contributed by atoms with Crippen molar-refractivity contribution in [2.24, 2.45) is 0 Å². The predicted octanol–water partition coefficient (Wildman–Crippen LogP) is 4.58. The molecule has 3 rings (SSSR count). The molecule has 7 heteroatoms. The summed E-state index contributed by atoms with van der Waals surface area (Å²) in [6, 6.07) is 16.2. The van der Waals surface area contributed by atoms with Gasteiger partial charge in [-0.05, 0) is 80.9 Å². The van der Waals surface area contributed by atoms with Gasteiger partial charge in [0.2, 0.25) is 0 Å². The van der Waals surface area contributed by atoms with E-state index in [1.807, 2.05) is 51.1 Å². The van der Waals surface area contributed by atoms with Crippen LogP contribution in [0.1, 0.15) is 27.3 Å². The highest BCUT2D eigenvalue weighted by Crippen LogP contribution is 2.20. The zero-order chi connectivity index (χ0) is 21.0. The molecule has 2 aromatic carbocycles. The third-order valence-electron chi connectivity index (χ3n) is 4.43. The molecule has 0 spiro atoms. The van der Waals surface area contributed by atoms with Crippen molar-refractivity contribution in [2.45, 2.75) is 20.8 Å². The van der Waals surface area contributed by atoms with Gasteiger partial charge in [0.15, 0.2) is 6.61 Å². The Labute approximate surface area is 178 Å². The van der Waals surface area contributed by atoms with Gasteiger partial charge in [-0.15, -0.1) is 0 Å². The third kappa shape index (κ3) is 5.26. The van der Waals surface area contributed by atoms with Crippen LogP contribution in [0.2, 0.25) is 0 Å². The van der Waals surface area contributed by atoms with Crippen molar-refractivity contribution in [3.8, 4) is 5.75 Å². The van der Waals surface area contributed by atoms with Gasteiger partial charge >= 0.3 is 0 Å². The summed E-state index contributed by atoms with van der Waals surface area (Å²) in [5, 5.41) is 2.82. The van der Waals surface area contributed by atoms with E-state index in [2.05, 4.69) is 26.7 Å². The molecule has 0 aliphatic heterocycles. The molecule has 0 bridgehead atoms. The molecule has 0 radical (unpaired) electrons. The van der Waals surface area contributed by atoms with Gasteiger partial charge < -0.3 is 10.1 Å². The number of hydrogen-bond acceptors (Lipinski definition) is 3. The van der Waals surface area contributed by atoms with Crippen LogP contribution in [0.5, 0.6) is 5.75 Å². The Morgan fingerprint density at radius 2 is 1.62 bits per heavy atom. The highest BCUT2D eigenvalue weighted by Gasteiger charge is 2.10. The van der Waals surface area contributed by atoms with Gasteiger partial charge in [-0.2, -0.15) is 0 Å². The molecular formula is C22H22BrN3O3. The summed E-state index contributed by atoms with van der Waals surface area (Å²) < 4.78 is 8.22. The van der Waals surface area contributed by atoms with Crippen molar-refractivity contribution in [1.29, 1.82) is 0 Å². The minimum Gasteiger partial charge on any atom is -0.484 e. The van der Waals surface area contributed by atoms with Crippen LogP contribution in [-0.2, 0) is 4.79 Å². The standard InChI is InChI=1S/C22H22BrN3O3/c1-14-12-18(23)8-11-20(14)24-21(27)13-29-19-9-6-17(7-10-19)22(28)25-26-15(2)4-5-16(26)3/h4-12H,13H2,1-3H3,(H,24,27)(H,25,28). The number of ether oxygens (including phenoxy) is 1. The maximum absolute atomic E-state index is 12.4. The molecule has 0 unspecified atom stereocenters. The lowest BCUT2D eigenvalue weighted by molar-refractivity contribution is -0.118. The fourth-order valence-corrected chi connectivity index (χ4v) is 3.29. The van der Waals surface area contributed by atoms with E-state index in [1.54, 1.807) is 28.9 Å². The number of halogens is 1. The zero-order valence-electron chi connectivity index (χ0n) is 16.5. The first kappa shape index (κ1) is 20.7. The Hall–Kier alpha value is -3.06. The molecule has 2 amide bonds. The number of hydrogen-bond donors (Lipinski definition) is 2. The average Bonchev–Trinajstić information content (AvgIpc) is 3.01. The van der Waals surface area contributed by atoms with Crippen molar-refractivity contribution in [3.63, 3.8) is 0 Å². The summed E-state index contributed by atoms with van der Waals surface area (Å²) in [6.45, 7) is 5.64. The van der Waals surface area contributed by atoms with E-state index in [1.165, 1.54) is 0 Å². The normalized spacial score (nSPS) is 10.5. The lowest BCUT2D eigenvalue weighted by Crippen LogP contribution is -2.24. The fourth-order valence-electron chi connectivity index (χ4n) is 2.82.